The number of hydrogen-bond donors (Lipinski definition) is 3. The van der Waals surface area contributed by atoms with Crippen molar-refractivity contribution in [3.05, 3.63) is 17.2 Å². The van der Waals surface area contributed by atoms with E-state index in [-0.39, 0.29) is 34.4 Å². The van der Waals surface area contributed by atoms with Gasteiger partial charge in [0.25, 0.3) is 0 Å². The number of halogens is 1. The van der Waals surface area contributed by atoms with Gasteiger partial charge < -0.3 is 20.3 Å². The average Bonchev–Trinajstić information content (AvgIpc) is 2.25. The first-order valence-corrected chi connectivity index (χ1v) is 5.60. The van der Waals surface area contributed by atoms with Crippen molar-refractivity contribution in [3.8, 4) is 11.5 Å². The summed E-state index contributed by atoms with van der Waals surface area (Å²) in [7, 11) is 3.25. The Hall–Kier alpha value is -1.79. The van der Waals surface area contributed by atoms with Crippen molar-refractivity contribution < 1.29 is 24.5 Å². The minimum absolute atomic E-state index is 0.00755. The van der Waals surface area contributed by atoms with Gasteiger partial charge >= 0.3 is 0 Å². The molecular formula is C12H16ClNO5. The lowest BCUT2D eigenvalue weighted by atomic mass is 10.2. The van der Waals surface area contributed by atoms with Gasteiger partial charge in [-0.05, 0) is 6.92 Å². The first kappa shape index (κ1) is 17.2. The zero-order valence-electron chi connectivity index (χ0n) is 10.9. The third kappa shape index (κ3) is 6.64. The summed E-state index contributed by atoms with van der Waals surface area (Å²) in [6.45, 7) is 1.28. The summed E-state index contributed by atoms with van der Waals surface area (Å²) in [5.41, 5.74) is 0.00755. The van der Waals surface area contributed by atoms with E-state index in [9.17, 15) is 19.8 Å². The van der Waals surface area contributed by atoms with Crippen LogP contribution in [0.25, 0.3) is 0 Å². The number of Topliss-reactive ketones (excluding diaryl/α,β-unsaturated/α-hetero) is 1. The largest absolute Gasteiger partial charge is 0.506 e. The minimum Gasteiger partial charge on any atom is -0.506 e. The second kappa shape index (κ2) is 8.34. The van der Waals surface area contributed by atoms with Crippen molar-refractivity contribution in [1.29, 1.82) is 0 Å². The maximum Gasteiger partial charge on any atom is 0.231 e. The van der Waals surface area contributed by atoms with E-state index in [1.54, 1.807) is 14.2 Å². The fraction of sp³-hybridized carbons (Fsp3) is 0.333. The monoisotopic (exact) mass is 289 g/mol. The molecule has 1 aromatic carbocycles. The predicted octanol–water partition coefficient (Wildman–Crippen LogP) is 1.93. The van der Waals surface area contributed by atoms with Gasteiger partial charge in [0.2, 0.25) is 5.91 Å². The molecule has 0 radical (unpaired) electrons. The fourth-order valence-electron chi connectivity index (χ4n) is 1.07. The van der Waals surface area contributed by atoms with Crippen LogP contribution >= 0.6 is 11.6 Å². The quantitative estimate of drug-likeness (QED) is 0.449. The maximum absolute atomic E-state index is 11.2. The highest BCUT2D eigenvalue weighted by Gasteiger charge is 2.11. The number of carbonyl (C=O) groups is 2. The van der Waals surface area contributed by atoms with Crippen molar-refractivity contribution >= 4 is 29.0 Å². The Morgan fingerprint density at radius 3 is 2.26 bits per heavy atom. The van der Waals surface area contributed by atoms with Crippen LogP contribution in [0.1, 0.15) is 13.3 Å². The molecule has 0 saturated carbocycles. The van der Waals surface area contributed by atoms with Crippen molar-refractivity contribution in [2.75, 3.05) is 19.5 Å². The number of ether oxygens (including phenoxy) is 1. The first-order chi connectivity index (χ1) is 8.81. The van der Waals surface area contributed by atoms with E-state index in [0.29, 0.717) is 0 Å². The summed E-state index contributed by atoms with van der Waals surface area (Å²) in [4.78, 5) is 21.9. The molecule has 0 unspecified atom stereocenters. The van der Waals surface area contributed by atoms with Gasteiger partial charge in [-0.1, -0.05) is 11.6 Å². The van der Waals surface area contributed by atoms with E-state index in [1.165, 1.54) is 6.92 Å². The summed E-state index contributed by atoms with van der Waals surface area (Å²) in [5.74, 6) is -1.41. The lowest BCUT2D eigenvalue weighted by molar-refractivity contribution is -0.124. The van der Waals surface area contributed by atoms with Gasteiger partial charge in [0.1, 0.15) is 17.3 Å². The zero-order chi connectivity index (χ0) is 15.0. The van der Waals surface area contributed by atoms with Crippen LogP contribution in [-0.4, -0.2) is 36.1 Å². The summed E-state index contributed by atoms with van der Waals surface area (Å²) in [6, 6.07) is 2.20. The molecule has 0 saturated heterocycles. The fourth-order valence-corrected chi connectivity index (χ4v) is 1.23. The summed E-state index contributed by atoms with van der Waals surface area (Å²) in [6.07, 6.45) is -0.289. The van der Waals surface area contributed by atoms with Crippen LogP contribution in [0, 0.1) is 0 Å². The van der Waals surface area contributed by atoms with E-state index in [2.05, 4.69) is 10.1 Å². The molecule has 1 aromatic rings. The highest BCUT2D eigenvalue weighted by atomic mass is 35.5. The van der Waals surface area contributed by atoms with E-state index >= 15 is 0 Å². The van der Waals surface area contributed by atoms with Crippen LogP contribution in [0.5, 0.6) is 11.5 Å². The molecule has 1 rings (SSSR count). The Balaban J connectivity index is 0.000000982. The molecule has 0 heterocycles. The van der Waals surface area contributed by atoms with Crippen molar-refractivity contribution in [1.82, 2.24) is 0 Å². The van der Waals surface area contributed by atoms with Gasteiger partial charge in [0.15, 0.2) is 0 Å². The molecule has 0 aliphatic heterocycles. The van der Waals surface area contributed by atoms with Crippen LogP contribution in [-0.2, 0) is 14.3 Å². The molecule has 3 N–H and O–H groups in total. The molecule has 0 spiro atoms. The minimum atomic E-state index is -0.565. The van der Waals surface area contributed by atoms with Crippen LogP contribution in [0.2, 0.25) is 5.02 Å². The van der Waals surface area contributed by atoms with Gasteiger partial charge in [0.05, 0.1) is 17.1 Å². The SMILES string of the molecule is CC(=O)CC(=O)Nc1cc(O)c(Cl)cc1O.COC. The lowest BCUT2D eigenvalue weighted by Gasteiger charge is -2.07. The molecular weight excluding hydrogens is 274 g/mol. The number of methoxy groups -OCH3 is 1. The number of nitrogens with one attached hydrogen (secondary N) is 1. The Labute approximate surface area is 116 Å². The molecule has 7 heteroatoms. The molecule has 0 aliphatic rings. The predicted molar refractivity (Wildman–Crippen MR) is 71.6 cm³/mol. The highest BCUT2D eigenvalue weighted by Crippen LogP contribution is 2.34. The Bertz CT molecular complexity index is 462. The molecule has 0 aliphatic carbocycles. The molecule has 0 fully saturated rings. The van der Waals surface area contributed by atoms with Gasteiger partial charge in [0, 0.05) is 26.4 Å². The van der Waals surface area contributed by atoms with Gasteiger partial charge in [-0.15, -0.1) is 0 Å². The van der Waals surface area contributed by atoms with Crippen LogP contribution in [0.4, 0.5) is 5.69 Å². The van der Waals surface area contributed by atoms with Crippen molar-refractivity contribution in [2.24, 2.45) is 0 Å². The number of hydrogen-bond acceptors (Lipinski definition) is 5. The molecule has 0 bridgehead atoms. The normalized spacial score (nSPS) is 9.26. The standard InChI is InChI=1S/C10H10ClNO4.C2H6O/c1-5(13)2-10(16)12-7-4-8(14)6(11)3-9(7)15;1-3-2/h3-4,14-15H,2H2,1H3,(H,12,16);1-2H3. The lowest BCUT2D eigenvalue weighted by Crippen LogP contribution is -2.14. The summed E-state index contributed by atoms with van der Waals surface area (Å²) >= 11 is 5.53. The molecule has 6 nitrogen and oxygen atoms in total. The topological polar surface area (TPSA) is 95.9 Å². The number of phenolic OH excluding ortho intramolecular Hbond substituents is 2. The number of amides is 1. The van der Waals surface area contributed by atoms with E-state index in [4.69, 9.17) is 11.6 Å². The van der Waals surface area contributed by atoms with Crippen LogP contribution < -0.4 is 5.32 Å². The summed E-state index contributed by atoms with van der Waals surface area (Å²) < 4.78 is 4.25. The molecule has 0 atom stereocenters. The van der Waals surface area contributed by atoms with Gasteiger partial charge in [-0.25, -0.2) is 0 Å². The average molecular weight is 290 g/mol. The summed E-state index contributed by atoms with van der Waals surface area (Å²) in [5, 5.41) is 20.9. The smallest absolute Gasteiger partial charge is 0.231 e. The molecule has 19 heavy (non-hydrogen) atoms. The van der Waals surface area contributed by atoms with Crippen LogP contribution in [0.3, 0.4) is 0 Å². The second-order valence-electron chi connectivity index (χ2n) is 3.66. The van der Waals surface area contributed by atoms with E-state index in [1.807, 2.05) is 0 Å². The second-order valence-corrected chi connectivity index (χ2v) is 4.06. The third-order valence-electron chi connectivity index (χ3n) is 1.75. The number of ketones is 1. The number of benzene rings is 1. The highest BCUT2D eigenvalue weighted by molar-refractivity contribution is 6.32. The van der Waals surface area contributed by atoms with E-state index in [0.717, 1.165) is 12.1 Å². The maximum atomic E-state index is 11.2. The molecule has 106 valence electrons. The Kier molecular flexibility index (Phi) is 7.55. The number of aromatic hydroxyl groups is 2. The number of anilines is 1. The molecule has 1 amide bonds. The van der Waals surface area contributed by atoms with Gasteiger partial charge in [-0.3, -0.25) is 9.59 Å². The number of phenols is 2. The van der Waals surface area contributed by atoms with Gasteiger partial charge in [-0.2, -0.15) is 0 Å². The Morgan fingerprint density at radius 1 is 1.26 bits per heavy atom. The third-order valence-corrected chi connectivity index (χ3v) is 2.05. The first-order valence-electron chi connectivity index (χ1n) is 5.22. The number of carbonyl (C=O) groups excluding carboxylic acids is 2. The Morgan fingerprint density at radius 2 is 1.79 bits per heavy atom. The zero-order valence-corrected chi connectivity index (χ0v) is 11.6. The van der Waals surface area contributed by atoms with Crippen molar-refractivity contribution in [3.63, 3.8) is 0 Å². The molecule has 0 aromatic heterocycles. The van der Waals surface area contributed by atoms with E-state index < -0.39 is 5.91 Å². The number of rotatable bonds is 3. The van der Waals surface area contributed by atoms with Crippen LogP contribution in [0.15, 0.2) is 12.1 Å². The van der Waals surface area contributed by atoms with Crippen molar-refractivity contribution in [2.45, 2.75) is 13.3 Å².